The van der Waals surface area contributed by atoms with Crippen LogP contribution in [-0.4, -0.2) is 29.2 Å². The Kier molecular flexibility index (Phi) is 20.4. The van der Waals surface area contributed by atoms with Crippen molar-refractivity contribution in [1.29, 1.82) is 0 Å². The monoisotopic (exact) mass is 512 g/mol. The maximum absolute atomic E-state index is 11.9. The number of benzene rings is 2. The lowest BCUT2D eigenvalue weighted by atomic mass is 10.0. The summed E-state index contributed by atoms with van der Waals surface area (Å²) < 4.78 is 0. The lowest BCUT2D eigenvalue weighted by Gasteiger charge is -2.12. The first-order valence-corrected chi connectivity index (χ1v) is 14.5. The van der Waals surface area contributed by atoms with Crippen molar-refractivity contribution in [3.63, 3.8) is 0 Å². The number of rotatable bonds is 19. The second-order valence-electron chi connectivity index (χ2n) is 9.89. The molecule has 208 valence electrons. The van der Waals surface area contributed by atoms with E-state index < -0.39 is 12.2 Å². The number of aliphatic hydroxyl groups excluding tert-OH is 2. The van der Waals surface area contributed by atoms with E-state index in [0.29, 0.717) is 13.0 Å². The molecule has 0 bridgehead atoms. The SMILES string of the molecule is CCCCCCCCCCCCCCCC(=O)NCC(O)c1ccccc1.NCC(O)c1ccccc1. The van der Waals surface area contributed by atoms with Gasteiger partial charge in [0.05, 0.1) is 12.2 Å². The summed E-state index contributed by atoms with van der Waals surface area (Å²) in [5.74, 6) is 0.0491. The minimum atomic E-state index is -0.623. The molecule has 2 aromatic rings. The third-order valence-corrected chi connectivity index (χ3v) is 6.59. The average Bonchev–Trinajstić information content (AvgIpc) is 2.95. The van der Waals surface area contributed by atoms with E-state index in [0.717, 1.165) is 24.0 Å². The van der Waals surface area contributed by atoms with E-state index in [1.165, 1.54) is 70.6 Å². The zero-order valence-corrected chi connectivity index (χ0v) is 23.1. The van der Waals surface area contributed by atoms with Gasteiger partial charge in [-0.1, -0.05) is 145 Å². The van der Waals surface area contributed by atoms with Crippen LogP contribution in [0.5, 0.6) is 0 Å². The summed E-state index contributed by atoms with van der Waals surface area (Å²) in [6, 6.07) is 18.9. The summed E-state index contributed by atoms with van der Waals surface area (Å²) in [6.45, 7) is 2.84. The predicted molar refractivity (Wildman–Crippen MR) is 155 cm³/mol. The first-order valence-electron chi connectivity index (χ1n) is 14.5. The number of nitrogens with one attached hydrogen (secondary N) is 1. The highest BCUT2D eigenvalue weighted by Crippen LogP contribution is 2.14. The topological polar surface area (TPSA) is 95.6 Å². The van der Waals surface area contributed by atoms with Gasteiger partial charge >= 0.3 is 0 Å². The van der Waals surface area contributed by atoms with Crippen LogP contribution < -0.4 is 11.1 Å². The minimum Gasteiger partial charge on any atom is -0.387 e. The van der Waals surface area contributed by atoms with Crippen LogP contribution in [0.2, 0.25) is 0 Å². The van der Waals surface area contributed by atoms with E-state index in [4.69, 9.17) is 5.73 Å². The molecule has 0 aliphatic rings. The van der Waals surface area contributed by atoms with Gasteiger partial charge in [0.15, 0.2) is 0 Å². The Morgan fingerprint density at radius 3 is 1.51 bits per heavy atom. The maximum atomic E-state index is 11.9. The number of aliphatic hydroxyl groups is 2. The van der Waals surface area contributed by atoms with Gasteiger partial charge in [0.2, 0.25) is 5.91 Å². The average molecular weight is 513 g/mol. The highest BCUT2D eigenvalue weighted by molar-refractivity contribution is 5.75. The van der Waals surface area contributed by atoms with Gasteiger partial charge in [-0.25, -0.2) is 0 Å². The number of hydrogen-bond acceptors (Lipinski definition) is 4. The van der Waals surface area contributed by atoms with Gasteiger partial charge in [0.25, 0.3) is 0 Å². The summed E-state index contributed by atoms with van der Waals surface area (Å²) in [7, 11) is 0. The number of nitrogens with two attached hydrogens (primary N) is 1. The first-order chi connectivity index (χ1) is 18.1. The van der Waals surface area contributed by atoms with Crippen LogP contribution in [0.3, 0.4) is 0 Å². The molecule has 1 amide bonds. The number of carbonyl (C=O) groups is 1. The Morgan fingerprint density at radius 1 is 0.676 bits per heavy atom. The van der Waals surface area contributed by atoms with Crippen LogP contribution in [0.1, 0.15) is 120 Å². The van der Waals surface area contributed by atoms with E-state index in [1.807, 2.05) is 60.7 Å². The molecule has 0 saturated heterocycles. The molecular formula is C32H52N2O3. The number of unbranched alkanes of at least 4 members (excludes halogenated alkanes) is 12. The second-order valence-corrected chi connectivity index (χ2v) is 9.89. The quantitative estimate of drug-likeness (QED) is 0.152. The van der Waals surface area contributed by atoms with Crippen LogP contribution in [0.4, 0.5) is 0 Å². The van der Waals surface area contributed by atoms with E-state index >= 15 is 0 Å². The molecule has 5 N–H and O–H groups in total. The van der Waals surface area contributed by atoms with Crippen molar-refractivity contribution in [1.82, 2.24) is 5.32 Å². The van der Waals surface area contributed by atoms with Crippen LogP contribution in [0, 0.1) is 0 Å². The Bertz CT molecular complexity index is 770. The number of carbonyl (C=O) groups excluding carboxylic acids is 1. The lowest BCUT2D eigenvalue weighted by Crippen LogP contribution is -2.28. The highest BCUT2D eigenvalue weighted by Gasteiger charge is 2.08. The van der Waals surface area contributed by atoms with E-state index in [1.54, 1.807) is 0 Å². The van der Waals surface area contributed by atoms with Gasteiger partial charge in [-0.05, 0) is 17.5 Å². The first kappa shape index (κ1) is 32.8. The number of amides is 1. The fraction of sp³-hybridized carbons (Fsp3) is 0.594. The summed E-state index contributed by atoms with van der Waals surface area (Å²) in [5, 5.41) is 22.1. The molecule has 0 aromatic heterocycles. The molecule has 2 rings (SSSR count). The van der Waals surface area contributed by atoms with Gasteiger partial charge < -0.3 is 21.3 Å². The minimum absolute atomic E-state index is 0.0491. The molecule has 2 unspecified atom stereocenters. The molecule has 2 atom stereocenters. The van der Waals surface area contributed by atoms with Gasteiger partial charge in [-0.15, -0.1) is 0 Å². The Morgan fingerprint density at radius 2 is 1.08 bits per heavy atom. The third-order valence-electron chi connectivity index (χ3n) is 6.59. The van der Waals surface area contributed by atoms with Crippen LogP contribution in [-0.2, 0) is 4.79 Å². The van der Waals surface area contributed by atoms with E-state index in [-0.39, 0.29) is 12.5 Å². The molecule has 5 heteroatoms. The summed E-state index contributed by atoms with van der Waals surface area (Å²) in [4.78, 5) is 11.9. The van der Waals surface area contributed by atoms with Crippen LogP contribution >= 0.6 is 0 Å². The molecule has 0 spiro atoms. The van der Waals surface area contributed by atoms with Crippen molar-refractivity contribution >= 4 is 5.91 Å². The fourth-order valence-electron chi connectivity index (χ4n) is 4.21. The molecule has 37 heavy (non-hydrogen) atoms. The Hall–Kier alpha value is -2.21. The van der Waals surface area contributed by atoms with Crippen LogP contribution in [0.25, 0.3) is 0 Å². The maximum Gasteiger partial charge on any atom is 0.220 e. The van der Waals surface area contributed by atoms with Crippen molar-refractivity contribution in [2.24, 2.45) is 5.73 Å². The summed E-state index contributed by atoms with van der Waals surface area (Å²) >= 11 is 0. The standard InChI is InChI=1S/C24H41NO2.C8H11NO/c1-2-3-4-5-6-7-8-9-10-11-12-13-17-20-24(27)25-21-23(26)22-18-15-14-16-19-22;9-6-8(10)7-4-2-1-3-5-7/h14-16,18-19,23,26H,2-13,17,20-21H2,1H3,(H,25,27);1-5,8,10H,6,9H2. The molecule has 0 saturated carbocycles. The Labute approximate surface area is 225 Å². The molecule has 5 nitrogen and oxygen atoms in total. The van der Waals surface area contributed by atoms with E-state index in [2.05, 4.69) is 12.2 Å². The van der Waals surface area contributed by atoms with Crippen molar-refractivity contribution in [3.05, 3.63) is 71.8 Å². The largest absolute Gasteiger partial charge is 0.387 e. The van der Waals surface area contributed by atoms with Gasteiger partial charge in [-0.3, -0.25) is 4.79 Å². The van der Waals surface area contributed by atoms with Gasteiger partial charge in [-0.2, -0.15) is 0 Å². The number of hydrogen-bond donors (Lipinski definition) is 4. The van der Waals surface area contributed by atoms with Crippen molar-refractivity contribution in [3.8, 4) is 0 Å². The van der Waals surface area contributed by atoms with E-state index in [9.17, 15) is 15.0 Å². The van der Waals surface area contributed by atoms with Crippen molar-refractivity contribution < 1.29 is 15.0 Å². The van der Waals surface area contributed by atoms with Gasteiger partial charge in [0, 0.05) is 19.5 Å². The van der Waals surface area contributed by atoms with Crippen LogP contribution in [0.15, 0.2) is 60.7 Å². The zero-order valence-electron chi connectivity index (χ0n) is 23.1. The van der Waals surface area contributed by atoms with Crippen molar-refractivity contribution in [2.75, 3.05) is 13.1 Å². The molecular weight excluding hydrogens is 460 g/mol. The zero-order chi connectivity index (χ0) is 27.0. The lowest BCUT2D eigenvalue weighted by molar-refractivity contribution is -0.121. The fourth-order valence-corrected chi connectivity index (χ4v) is 4.21. The normalized spacial score (nSPS) is 12.3. The van der Waals surface area contributed by atoms with Crippen molar-refractivity contribution in [2.45, 2.75) is 109 Å². The van der Waals surface area contributed by atoms with Gasteiger partial charge in [0.1, 0.15) is 0 Å². The molecule has 0 aliphatic carbocycles. The summed E-state index contributed by atoms with van der Waals surface area (Å²) in [6.07, 6.45) is 16.5. The molecule has 0 radical (unpaired) electrons. The smallest absolute Gasteiger partial charge is 0.220 e. The highest BCUT2D eigenvalue weighted by atomic mass is 16.3. The predicted octanol–water partition coefficient (Wildman–Crippen LogP) is 7.00. The molecule has 0 heterocycles. The molecule has 0 aliphatic heterocycles. The third kappa shape index (κ3) is 17.8. The Balaban J connectivity index is 0.000000568. The second kappa shape index (κ2) is 22.9. The molecule has 2 aromatic carbocycles. The molecule has 0 fully saturated rings. The summed E-state index contributed by atoms with van der Waals surface area (Å²) in [5.41, 5.74) is 6.98.